The molecule has 3 unspecified atom stereocenters. The average molecular weight is 453 g/mol. The number of rotatable bonds is 10. The topological polar surface area (TPSA) is 6.48 Å². The molecule has 0 N–H and O–H groups in total. The first-order valence-electron chi connectivity index (χ1n) is 12.4. The van der Waals surface area contributed by atoms with Gasteiger partial charge in [-0.1, -0.05) is 80.1 Å². The lowest BCUT2D eigenvalue weighted by Crippen LogP contribution is -2.54. The van der Waals surface area contributed by atoms with Gasteiger partial charge in [0, 0.05) is 29.7 Å². The van der Waals surface area contributed by atoms with E-state index in [0.717, 1.165) is 31.1 Å². The van der Waals surface area contributed by atoms with Crippen LogP contribution in [0.4, 0.5) is 0 Å². The Bertz CT molecular complexity index is 832. The zero-order valence-corrected chi connectivity index (χ0v) is 21.2. The van der Waals surface area contributed by atoms with Gasteiger partial charge >= 0.3 is 0 Å². The maximum absolute atomic E-state index is 6.27. The highest BCUT2D eigenvalue weighted by molar-refractivity contribution is 6.30. The summed E-state index contributed by atoms with van der Waals surface area (Å²) in [5, 5.41) is 0.821. The minimum Gasteiger partial charge on any atom is -0.303 e. The van der Waals surface area contributed by atoms with Gasteiger partial charge < -0.3 is 4.90 Å². The van der Waals surface area contributed by atoms with Crippen LogP contribution in [0.15, 0.2) is 66.7 Å². The third kappa shape index (κ3) is 6.04. The molecule has 1 aliphatic rings. The molecule has 0 aromatic heterocycles. The third-order valence-electron chi connectivity index (χ3n) is 7.37. The van der Waals surface area contributed by atoms with Crippen LogP contribution in [0.5, 0.6) is 0 Å². The molecule has 174 valence electrons. The van der Waals surface area contributed by atoms with Crippen LogP contribution in [-0.4, -0.2) is 42.5 Å². The summed E-state index contributed by atoms with van der Waals surface area (Å²) in [4.78, 5) is 5.34. The van der Waals surface area contributed by atoms with Crippen LogP contribution in [0.1, 0.15) is 57.6 Å². The SMILES string of the molecule is CC=CCN(CCC)C1(c2ccc(Cl)cc2)CCC(N(C)CCc2ccccc2)C(C)C1. The molecule has 2 nitrogen and oxygen atoms in total. The van der Waals surface area contributed by atoms with Gasteiger partial charge in [-0.25, -0.2) is 0 Å². The van der Waals surface area contributed by atoms with Crippen LogP contribution in [0.25, 0.3) is 0 Å². The summed E-state index contributed by atoms with van der Waals surface area (Å²) >= 11 is 6.27. The number of hydrogen-bond donors (Lipinski definition) is 0. The Balaban J connectivity index is 1.79. The normalized spacial score (nSPS) is 24.0. The van der Waals surface area contributed by atoms with Crippen molar-refractivity contribution in [2.24, 2.45) is 5.92 Å². The van der Waals surface area contributed by atoms with Crippen LogP contribution in [0, 0.1) is 5.92 Å². The predicted molar refractivity (Wildman–Crippen MR) is 139 cm³/mol. The Labute approximate surface area is 201 Å². The van der Waals surface area contributed by atoms with Gasteiger partial charge in [0.25, 0.3) is 0 Å². The average Bonchev–Trinajstić information content (AvgIpc) is 2.81. The maximum Gasteiger partial charge on any atom is 0.0467 e. The van der Waals surface area contributed by atoms with Crippen molar-refractivity contribution in [3.63, 3.8) is 0 Å². The minimum atomic E-state index is 0.0797. The smallest absolute Gasteiger partial charge is 0.0467 e. The molecule has 1 fully saturated rings. The van der Waals surface area contributed by atoms with Crippen molar-refractivity contribution in [3.8, 4) is 0 Å². The Kier molecular flexibility index (Phi) is 9.40. The van der Waals surface area contributed by atoms with E-state index in [-0.39, 0.29) is 5.54 Å². The van der Waals surface area contributed by atoms with Crippen LogP contribution in [0.2, 0.25) is 5.02 Å². The Hall–Kier alpha value is -1.61. The molecule has 3 rings (SSSR count). The zero-order valence-electron chi connectivity index (χ0n) is 20.4. The molecule has 3 heteroatoms. The van der Waals surface area contributed by atoms with Crippen molar-refractivity contribution >= 4 is 11.6 Å². The summed E-state index contributed by atoms with van der Waals surface area (Å²) in [6.07, 6.45) is 10.4. The molecular weight excluding hydrogens is 412 g/mol. The molecular formula is C29H41ClN2. The van der Waals surface area contributed by atoms with Gasteiger partial charge in [-0.05, 0) is 81.8 Å². The van der Waals surface area contributed by atoms with Gasteiger partial charge in [-0.15, -0.1) is 0 Å². The van der Waals surface area contributed by atoms with Crippen LogP contribution in [0.3, 0.4) is 0 Å². The van der Waals surface area contributed by atoms with Gasteiger partial charge in [0.05, 0.1) is 0 Å². The zero-order chi connectivity index (χ0) is 23.0. The van der Waals surface area contributed by atoms with Crippen molar-refractivity contribution in [2.75, 3.05) is 26.7 Å². The van der Waals surface area contributed by atoms with E-state index in [1.54, 1.807) is 0 Å². The molecule has 0 radical (unpaired) electrons. The van der Waals surface area contributed by atoms with Gasteiger partial charge in [0.1, 0.15) is 0 Å². The molecule has 1 aliphatic carbocycles. The summed E-state index contributed by atoms with van der Waals surface area (Å²) in [5.41, 5.74) is 2.94. The minimum absolute atomic E-state index is 0.0797. The standard InChI is InChI=1S/C29H41ClN2/c1-5-7-21-32(20-6-2)29(26-13-15-27(30)16-14-26)19-17-28(24(3)23-29)31(4)22-18-25-11-9-8-10-12-25/h5,7-16,24,28H,6,17-23H2,1-4H3. The first-order valence-corrected chi connectivity index (χ1v) is 12.7. The van der Waals surface area contributed by atoms with Crippen LogP contribution in [-0.2, 0) is 12.0 Å². The molecule has 0 saturated heterocycles. The highest BCUT2D eigenvalue weighted by atomic mass is 35.5. The lowest BCUT2D eigenvalue weighted by molar-refractivity contribution is 0.000311. The van der Waals surface area contributed by atoms with E-state index in [2.05, 4.69) is 104 Å². The highest BCUT2D eigenvalue weighted by Crippen LogP contribution is 2.46. The van der Waals surface area contributed by atoms with Gasteiger partial charge in [0.15, 0.2) is 0 Å². The lowest BCUT2D eigenvalue weighted by atomic mass is 9.68. The predicted octanol–water partition coefficient (Wildman–Crippen LogP) is 7.19. The number of halogens is 1. The molecule has 0 amide bonds. The Morgan fingerprint density at radius 2 is 1.78 bits per heavy atom. The second kappa shape index (κ2) is 12.0. The first kappa shape index (κ1) is 25.0. The molecule has 2 aromatic rings. The second-order valence-corrected chi connectivity index (χ2v) is 9.99. The molecule has 0 bridgehead atoms. The summed E-state index contributed by atoms with van der Waals surface area (Å²) < 4.78 is 0. The van der Waals surface area contributed by atoms with E-state index in [9.17, 15) is 0 Å². The summed E-state index contributed by atoms with van der Waals surface area (Å²) in [6, 6.07) is 20.2. The Morgan fingerprint density at radius 1 is 1.06 bits per heavy atom. The van der Waals surface area contributed by atoms with E-state index in [4.69, 9.17) is 11.6 Å². The molecule has 3 atom stereocenters. The van der Waals surface area contributed by atoms with Gasteiger partial charge in [-0.3, -0.25) is 4.90 Å². The molecule has 32 heavy (non-hydrogen) atoms. The molecule has 2 aromatic carbocycles. The van der Waals surface area contributed by atoms with E-state index >= 15 is 0 Å². The molecule has 1 saturated carbocycles. The number of likely N-dealkylation sites (N-methyl/N-ethyl adjacent to an activating group) is 1. The van der Waals surface area contributed by atoms with Crippen molar-refractivity contribution in [2.45, 2.75) is 64.5 Å². The summed E-state index contributed by atoms with van der Waals surface area (Å²) in [7, 11) is 2.32. The fourth-order valence-corrected chi connectivity index (χ4v) is 5.81. The van der Waals surface area contributed by atoms with Crippen molar-refractivity contribution < 1.29 is 0 Å². The van der Waals surface area contributed by atoms with Crippen molar-refractivity contribution in [3.05, 3.63) is 82.9 Å². The fourth-order valence-electron chi connectivity index (χ4n) is 5.69. The highest BCUT2D eigenvalue weighted by Gasteiger charge is 2.44. The lowest BCUT2D eigenvalue weighted by Gasteiger charge is -2.52. The van der Waals surface area contributed by atoms with Crippen molar-refractivity contribution in [1.29, 1.82) is 0 Å². The number of allylic oxidation sites excluding steroid dienone is 1. The monoisotopic (exact) mass is 452 g/mol. The molecule has 0 spiro atoms. The number of benzene rings is 2. The maximum atomic E-state index is 6.27. The number of nitrogens with zero attached hydrogens (tertiary/aromatic N) is 2. The second-order valence-electron chi connectivity index (χ2n) is 9.56. The third-order valence-corrected chi connectivity index (χ3v) is 7.63. The fraction of sp³-hybridized carbons (Fsp3) is 0.517. The van der Waals surface area contributed by atoms with E-state index in [1.165, 1.54) is 36.8 Å². The van der Waals surface area contributed by atoms with Gasteiger partial charge in [-0.2, -0.15) is 0 Å². The van der Waals surface area contributed by atoms with E-state index in [1.807, 2.05) is 0 Å². The Morgan fingerprint density at radius 3 is 2.41 bits per heavy atom. The first-order chi connectivity index (χ1) is 15.5. The summed E-state index contributed by atoms with van der Waals surface area (Å²) in [5.74, 6) is 0.630. The van der Waals surface area contributed by atoms with E-state index < -0.39 is 0 Å². The molecule has 0 heterocycles. The van der Waals surface area contributed by atoms with Crippen molar-refractivity contribution in [1.82, 2.24) is 9.80 Å². The molecule has 0 aliphatic heterocycles. The van der Waals surface area contributed by atoms with Gasteiger partial charge in [0.2, 0.25) is 0 Å². The number of hydrogen-bond acceptors (Lipinski definition) is 2. The van der Waals surface area contributed by atoms with Crippen LogP contribution >= 0.6 is 11.6 Å². The summed E-state index contributed by atoms with van der Waals surface area (Å²) in [6.45, 7) is 10.1. The largest absolute Gasteiger partial charge is 0.303 e. The van der Waals surface area contributed by atoms with Crippen LogP contribution < -0.4 is 0 Å². The quantitative estimate of drug-likeness (QED) is 0.352. The van der Waals surface area contributed by atoms with E-state index in [0.29, 0.717) is 12.0 Å².